The van der Waals surface area contributed by atoms with E-state index in [2.05, 4.69) is 15.9 Å². The van der Waals surface area contributed by atoms with Crippen molar-refractivity contribution in [3.63, 3.8) is 0 Å². The second-order valence-corrected chi connectivity index (χ2v) is 10.1. The third-order valence-electron chi connectivity index (χ3n) is 1.68. The van der Waals surface area contributed by atoms with Gasteiger partial charge in [0.1, 0.15) is 2.99 Å². The van der Waals surface area contributed by atoms with Crippen molar-refractivity contribution >= 4 is 38.0 Å². The van der Waals surface area contributed by atoms with Crippen molar-refractivity contribution in [2.24, 2.45) is 0 Å². The smallest absolute Gasteiger partial charge is 0.261 e. The molecular formula is C6H10BrNO3S2. The van der Waals surface area contributed by atoms with E-state index in [9.17, 15) is 10.1 Å². The van der Waals surface area contributed by atoms with Crippen LogP contribution in [0, 0.1) is 10.1 Å². The highest BCUT2D eigenvalue weighted by Gasteiger charge is 2.43. The monoisotopic (exact) mass is 287 g/mol. The number of halogens is 1. The van der Waals surface area contributed by atoms with E-state index in [0.717, 1.165) is 6.42 Å². The Hall–Kier alpha value is 0.120. The molecule has 0 saturated carbocycles. The van der Waals surface area contributed by atoms with Crippen molar-refractivity contribution in [3.8, 4) is 0 Å². The normalized spacial score (nSPS) is 28.8. The van der Waals surface area contributed by atoms with E-state index in [0.29, 0.717) is 0 Å². The van der Waals surface area contributed by atoms with Crippen LogP contribution < -0.4 is 0 Å². The molecule has 1 heterocycles. The minimum atomic E-state index is -1.74. The molecule has 0 radical (unpaired) electrons. The Bertz CT molecular complexity index is 248. The standard InChI is InChI=1S/C6H10BrNO3S2/c1-13(2,11-8(9)10)6(7)4-3-5-12-6/h3,5H,4H2,1-2H3. The molecule has 0 saturated heterocycles. The first-order valence-corrected chi connectivity index (χ1v) is 7.51. The highest BCUT2D eigenvalue weighted by atomic mass is 79.9. The van der Waals surface area contributed by atoms with Crippen LogP contribution in [0.5, 0.6) is 0 Å². The number of alkyl halides is 1. The van der Waals surface area contributed by atoms with Gasteiger partial charge in [-0.25, -0.2) is 0 Å². The first-order chi connectivity index (χ1) is 5.87. The summed E-state index contributed by atoms with van der Waals surface area (Å²) in [4.78, 5) is 10.3. The zero-order valence-electron chi connectivity index (χ0n) is 7.23. The van der Waals surface area contributed by atoms with E-state index in [4.69, 9.17) is 4.28 Å². The van der Waals surface area contributed by atoms with E-state index in [1.54, 1.807) is 12.5 Å². The Morgan fingerprint density at radius 2 is 2.38 bits per heavy atom. The average molecular weight is 288 g/mol. The molecule has 0 aromatic rings. The molecule has 13 heavy (non-hydrogen) atoms. The molecule has 1 atom stereocenters. The van der Waals surface area contributed by atoms with Crippen LogP contribution in [0.1, 0.15) is 6.42 Å². The van der Waals surface area contributed by atoms with Gasteiger partial charge >= 0.3 is 5.09 Å². The van der Waals surface area contributed by atoms with Gasteiger partial charge in [-0.1, -0.05) is 32.3 Å². The van der Waals surface area contributed by atoms with Crippen molar-refractivity contribution in [2.45, 2.75) is 9.41 Å². The largest absolute Gasteiger partial charge is 0.304 e. The Morgan fingerprint density at radius 3 is 2.77 bits per heavy atom. The van der Waals surface area contributed by atoms with Gasteiger partial charge in [0.05, 0.1) is 0 Å². The topological polar surface area (TPSA) is 52.4 Å². The second kappa shape index (κ2) is 3.70. The summed E-state index contributed by atoms with van der Waals surface area (Å²) in [5, 5.41) is 11.5. The molecule has 1 rings (SSSR count). The summed E-state index contributed by atoms with van der Waals surface area (Å²) in [5.41, 5.74) is 0. The molecule has 0 aromatic carbocycles. The van der Waals surface area contributed by atoms with Crippen LogP contribution in [0.3, 0.4) is 0 Å². The molecule has 0 amide bonds. The fourth-order valence-electron chi connectivity index (χ4n) is 0.911. The first-order valence-electron chi connectivity index (χ1n) is 3.46. The fraction of sp³-hybridized carbons (Fsp3) is 0.667. The molecule has 0 aromatic heterocycles. The molecule has 76 valence electrons. The Kier molecular flexibility index (Phi) is 3.19. The van der Waals surface area contributed by atoms with Gasteiger partial charge in [0.15, 0.2) is 0 Å². The lowest BCUT2D eigenvalue weighted by Gasteiger charge is -2.40. The van der Waals surface area contributed by atoms with E-state index in [-0.39, 0.29) is 2.99 Å². The van der Waals surface area contributed by atoms with Gasteiger partial charge in [-0.15, -0.1) is 21.9 Å². The minimum Gasteiger partial charge on any atom is -0.261 e. The van der Waals surface area contributed by atoms with Gasteiger partial charge in [-0.3, -0.25) is 4.28 Å². The summed E-state index contributed by atoms with van der Waals surface area (Å²) in [6.45, 7) is 0. The molecular weight excluding hydrogens is 278 g/mol. The van der Waals surface area contributed by atoms with Crippen LogP contribution in [0.25, 0.3) is 0 Å². The van der Waals surface area contributed by atoms with Crippen molar-refractivity contribution in [1.29, 1.82) is 0 Å². The molecule has 0 aliphatic carbocycles. The predicted octanol–water partition coefficient (Wildman–Crippen LogP) is 2.87. The maximum Gasteiger partial charge on any atom is 0.304 e. The number of rotatable bonds is 3. The van der Waals surface area contributed by atoms with Gasteiger partial charge in [-0.2, -0.15) is 0 Å². The quantitative estimate of drug-likeness (QED) is 0.455. The lowest BCUT2D eigenvalue weighted by Crippen LogP contribution is -2.24. The fourth-order valence-corrected chi connectivity index (χ4v) is 4.29. The maximum absolute atomic E-state index is 10.3. The van der Waals surface area contributed by atoms with Crippen LogP contribution in [-0.4, -0.2) is 20.6 Å². The van der Waals surface area contributed by atoms with E-state index < -0.39 is 15.4 Å². The van der Waals surface area contributed by atoms with Crippen molar-refractivity contribution in [1.82, 2.24) is 0 Å². The summed E-state index contributed by atoms with van der Waals surface area (Å²) in [7, 11) is -1.74. The molecule has 0 bridgehead atoms. The van der Waals surface area contributed by atoms with Gasteiger partial charge in [-0.05, 0) is 17.9 Å². The van der Waals surface area contributed by atoms with Gasteiger partial charge in [0.2, 0.25) is 0 Å². The van der Waals surface area contributed by atoms with Crippen molar-refractivity contribution in [3.05, 3.63) is 21.6 Å². The highest BCUT2D eigenvalue weighted by molar-refractivity contribution is 9.14. The van der Waals surface area contributed by atoms with Gasteiger partial charge in [0.25, 0.3) is 0 Å². The number of thioether (sulfide) groups is 1. The molecule has 1 aliphatic heterocycles. The maximum atomic E-state index is 10.3. The number of nitrogens with zero attached hydrogens (tertiary/aromatic N) is 1. The number of hydrogen-bond donors (Lipinski definition) is 0. The molecule has 0 fully saturated rings. The van der Waals surface area contributed by atoms with Crippen LogP contribution >= 0.6 is 38.0 Å². The zero-order chi connectivity index (χ0) is 10.1. The molecule has 1 unspecified atom stereocenters. The summed E-state index contributed by atoms with van der Waals surface area (Å²) in [5.74, 6) is 0. The molecule has 0 spiro atoms. The first kappa shape index (κ1) is 11.2. The Labute approximate surface area is 90.8 Å². The average Bonchev–Trinajstić information content (AvgIpc) is 2.34. The lowest BCUT2D eigenvalue weighted by atomic mass is 10.5. The third kappa shape index (κ3) is 2.32. The van der Waals surface area contributed by atoms with Crippen LogP contribution in [0.2, 0.25) is 0 Å². The van der Waals surface area contributed by atoms with Crippen LogP contribution in [0.4, 0.5) is 0 Å². The Morgan fingerprint density at radius 1 is 1.77 bits per heavy atom. The predicted molar refractivity (Wildman–Crippen MR) is 60.5 cm³/mol. The van der Waals surface area contributed by atoms with E-state index in [1.807, 2.05) is 11.5 Å². The van der Waals surface area contributed by atoms with E-state index >= 15 is 0 Å². The third-order valence-corrected chi connectivity index (χ3v) is 9.38. The zero-order valence-corrected chi connectivity index (χ0v) is 10.4. The van der Waals surface area contributed by atoms with Gasteiger partial charge in [0, 0.05) is 6.42 Å². The summed E-state index contributed by atoms with van der Waals surface area (Å²) < 4.78 is 4.38. The molecule has 7 heteroatoms. The number of hydrogen-bond acceptors (Lipinski definition) is 4. The second-order valence-electron chi connectivity index (χ2n) is 2.89. The highest BCUT2D eigenvalue weighted by Crippen LogP contribution is 2.67. The summed E-state index contributed by atoms with van der Waals surface area (Å²) >= 11 is 5.04. The SMILES string of the molecule is CS(C)(O[N+](=O)[O-])C1(Br)CC=CS1. The molecule has 0 N–H and O–H groups in total. The molecule has 1 aliphatic rings. The lowest BCUT2D eigenvalue weighted by molar-refractivity contribution is -0.710. The van der Waals surface area contributed by atoms with Crippen molar-refractivity contribution < 1.29 is 9.37 Å². The van der Waals surface area contributed by atoms with Crippen LogP contribution in [0.15, 0.2) is 11.5 Å². The minimum absolute atomic E-state index is 0.340. The van der Waals surface area contributed by atoms with Crippen molar-refractivity contribution in [2.75, 3.05) is 12.5 Å². The number of allylic oxidation sites excluding steroid dienone is 1. The summed E-state index contributed by atoms with van der Waals surface area (Å²) in [6, 6.07) is 0. The summed E-state index contributed by atoms with van der Waals surface area (Å²) in [6.07, 6.45) is 6.31. The van der Waals surface area contributed by atoms with Gasteiger partial charge < -0.3 is 0 Å². The van der Waals surface area contributed by atoms with E-state index in [1.165, 1.54) is 11.8 Å². The molecule has 4 nitrogen and oxygen atoms in total. The Balaban J connectivity index is 2.73. The van der Waals surface area contributed by atoms with Crippen LogP contribution in [-0.2, 0) is 4.28 Å².